The zero-order valence-electron chi connectivity index (χ0n) is 13.4. The van der Waals surface area contributed by atoms with Crippen molar-refractivity contribution in [1.82, 2.24) is 0 Å². The number of halogens is 6. The van der Waals surface area contributed by atoms with Crippen LogP contribution in [-0.4, -0.2) is 9.14 Å². The third-order valence-corrected chi connectivity index (χ3v) is 3.19. The normalized spacial score (nSPS) is 13.6. The summed E-state index contributed by atoms with van der Waals surface area (Å²) in [5.74, 6) is 1.28. The van der Waals surface area contributed by atoms with E-state index in [1.54, 1.807) is 0 Å². The van der Waals surface area contributed by atoms with Gasteiger partial charge in [0.15, 0.2) is 0 Å². The summed E-state index contributed by atoms with van der Waals surface area (Å²) in [6.07, 6.45) is 0. The van der Waals surface area contributed by atoms with Crippen molar-refractivity contribution in [2.24, 2.45) is 0 Å². The first-order chi connectivity index (χ1) is 11.9. The van der Waals surface area contributed by atoms with E-state index in [0.717, 1.165) is 0 Å². The Labute approximate surface area is 174 Å². The van der Waals surface area contributed by atoms with Crippen molar-refractivity contribution < 1.29 is 0 Å². The molecule has 0 saturated heterocycles. The predicted octanol–water partition coefficient (Wildman–Crippen LogP) is 8.46. The quantitative estimate of drug-likeness (QED) is 0.166. The molecule has 0 fully saturated rings. The average molecular weight is 578 g/mol. The van der Waals surface area contributed by atoms with Crippen molar-refractivity contribution in [2.45, 2.75) is 0 Å². The largest absolute Gasteiger partial charge is 0.0631 e. The van der Waals surface area contributed by atoms with Crippen molar-refractivity contribution in [3.8, 4) is 0 Å². The summed E-state index contributed by atoms with van der Waals surface area (Å²) in [7, 11) is 25.0. The van der Waals surface area contributed by atoms with Crippen molar-refractivity contribution in [2.75, 3.05) is 0 Å². The van der Waals surface area contributed by atoms with E-state index in [-0.39, 0.29) is 0 Å². The molecule has 0 amide bonds. The van der Waals surface area contributed by atoms with Gasteiger partial charge in [0.25, 0.3) is 0 Å². The molecule has 0 unspecified atom stereocenters. The molecular weight excluding hydrogens is 563 g/mol. The van der Waals surface area contributed by atoms with E-state index in [9.17, 15) is 0 Å². The molecule has 0 radical (unpaired) electrons. The molecule has 0 bridgehead atoms. The van der Waals surface area contributed by atoms with E-state index in [4.69, 9.17) is 53.0 Å². The Morgan fingerprint density at radius 3 is 0.808 bits per heavy atom. The Balaban J connectivity index is 0.000000298. The molecule has 0 aliphatic rings. The predicted molar refractivity (Wildman–Crippen MR) is 121 cm³/mol. The maximum absolute atomic E-state index is 5.42. The molecule has 0 aliphatic heterocycles. The van der Waals surface area contributed by atoms with Gasteiger partial charge >= 0.3 is 62.1 Å². The maximum atomic E-state index is 5.06. The van der Waals surface area contributed by atoms with Gasteiger partial charge in [-0.2, -0.15) is 0 Å². The van der Waals surface area contributed by atoms with Crippen molar-refractivity contribution in [3.63, 3.8) is 0 Å². The molecule has 0 spiro atoms. The van der Waals surface area contributed by atoms with Crippen LogP contribution in [0, 0.1) is 5.92 Å². The minimum atomic E-state index is -5.42. The van der Waals surface area contributed by atoms with Gasteiger partial charge < -0.3 is 0 Å². The average Bonchev–Trinajstić information content (AvgIpc) is 2.55. The second-order valence-electron chi connectivity index (χ2n) is 5.43. The van der Waals surface area contributed by atoms with E-state index >= 15 is 0 Å². The van der Waals surface area contributed by atoms with Gasteiger partial charge in [-0.15, -0.1) is 0 Å². The number of rotatable bonds is 3. The number of hydrogen-bond acceptors (Lipinski definition) is 0. The smallest absolute Gasteiger partial charge is 0.0511 e. The molecule has 3 aromatic carbocycles. The summed E-state index contributed by atoms with van der Waals surface area (Å²) in [5, 5.41) is 0. The maximum Gasteiger partial charge on any atom is 0.0631 e. The van der Waals surface area contributed by atoms with E-state index < -0.39 is 9.14 Å². The molecule has 3 rings (SSSR count). The Morgan fingerprint density at radius 2 is 0.615 bits per heavy atom. The first-order valence-corrected chi connectivity index (χ1v) is 26.9. The molecule has 0 atom stereocenters. The zero-order valence-corrected chi connectivity index (χ0v) is 20.5. The Morgan fingerprint density at radius 1 is 0.423 bits per heavy atom. The summed E-state index contributed by atoms with van der Waals surface area (Å²) in [5.41, 5.74) is 3.75. The molecular formula is C19H15Cl6Sb. The standard InChI is InChI=1S/C19H15.6ClH.Sb/c1-4-10-16(11-5-1)19(17-12-6-2-7-13-17)18-14-8-3-9-15-18;;;;;;;/h1-15H;6*1H;/q+1;;;;;;;+5/p-6. The number of benzene rings is 3. The van der Waals surface area contributed by atoms with Gasteiger partial charge in [-0.1, -0.05) is 18.2 Å². The molecule has 138 valence electrons. The van der Waals surface area contributed by atoms with Crippen LogP contribution in [0.2, 0.25) is 0 Å². The molecule has 3 aromatic rings. The Hall–Kier alpha value is 0.0882. The summed E-state index contributed by atoms with van der Waals surface area (Å²) < 4.78 is 0. The van der Waals surface area contributed by atoms with Gasteiger partial charge in [-0.05, 0) is 72.8 Å². The molecule has 0 aromatic heterocycles. The molecule has 0 nitrogen and oxygen atoms in total. The third kappa shape index (κ3) is 9.86. The van der Waals surface area contributed by atoms with Crippen LogP contribution in [0.1, 0.15) is 16.7 Å². The van der Waals surface area contributed by atoms with Crippen molar-refractivity contribution in [3.05, 3.63) is 114 Å². The van der Waals surface area contributed by atoms with Gasteiger partial charge in [0, 0.05) is 0 Å². The van der Waals surface area contributed by atoms with Gasteiger partial charge in [-0.3, -0.25) is 0 Å². The topological polar surface area (TPSA) is 0 Å². The Bertz CT molecular complexity index is 710. The fourth-order valence-corrected chi connectivity index (χ4v) is 2.31. The zero-order chi connectivity index (χ0) is 19.3. The fourth-order valence-electron chi connectivity index (χ4n) is 2.31. The minimum absolute atomic E-state index is 1.25. The van der Waals surface area contributed by atoms with Gasteiger partial charge in [0.05, 0.1) is 22.6 Å². The second kappa shape index (κ2) is 8.22. The molecule has 0 aliphatic carbocycles. The molecule has 26 heavy (non-hydrogen) atoms. The molecule has 0 heterocycles. The molecule has 0 N–H and O–H groups in total. The van der Waals surface area contributed by atoms with E-state index in [0.29, 0.717) is 0 Å². The second-order valence-corrected chi connectivity index (χ2v) is 62.3. The fraction of sp³-hybridized carbons (Fsp3) is 0. The van der Waals surface area contributed by atoms with Crippen LogP contribution in [-0.2, 0) is 0 Å². The SMILES string of the molecule is [Cl][Sb-]([Cl])([Cl])([Cl])([Cl])[Cl].c1ccc([C+](c2ccccc2)c2ccccc2)cc1. The van der Waals surface area contributed by atoms with Crippen molar-refractivity contribution in [1.29, 1.82) is 0 Å². The first kappa shape index (κ1) is 22.4. The van der Waals surface area contributed by atoms with E-state index in [1.165, 1.54) is 22.6 Å². The van der Waals surface area contributed by atoms with Crippen LogP contribution < -0.4 is 0 Å². The number of hydrogen-bond donors (Lipinski definition) is 0. The summed E-state index contributed by atoms with van der Waals surface area (Å²) in [6, 6.07) is 31.6. The summed E-state index contributed by atoms with van der Waals surface area (Å²) in [4.78, 5) is 0. The van der Waals surface area contributed by atoms with Crippen LogP contribution in [0.4, 0.5) is 0 Å². The third-order valence-electron chi connectivity index (χ3n) is 3.19. The monoisotopic (exact) mass is 574 g/mol. The van der Waals surface area contributed by atoms with E-state index in [1.807, 2.05) is 0 Å². The van der Waals surface area contributed by atoms with Crippen LogP contribution in [0.3, 0.4) is 0 Å². The molecule has 0 saturated carbocycles. The van der Waals surface area contributed by atoms with Gasteiger partial charge in [0.2, 0.25) is 0 Å². The van der Waals surface area contributed by atoms with Crippen LogP contribution >= 0.6 is 53.0 Å². The summed E-state index contributed by atoms with van der Waals surface area (Å²) >= 11 is 0. The van der Waals surface area contributed by atoms with Gasteiger partial charge in [0.1, 0.15) is 0 Å². The summed E-state index contributed by atoms with van der Waals surface area (Å²) in [6.45, 7) is 0. The Kier molecular flexibility index (Phi) is 7.07. The van der Waals surface area contributed by atoms with Crippen molar-refractivity contribution >= 4 is 62.1 Å². The van der Waals surface area contributed by atoms with Gasteiger partial charge in [-0.25, -0.2) is 0 Å². The van der Waals surface area contributed by atoms with E-state index in [2.05, 4.69) is 91.0 Å². The minimum Gasteiger partial charge on any atom is -0.0511 e. The molecule has 7 heteroatoms. The first-order valence-electron chi connectivity index (χ1n) is 7.50. The van der Waals surface area contributed by atoms with Crippen LogP contribution in [0.15, 0.2) is 91.0 Å². The van der Waals surface area contributed by atoms with Crippen LogP contribution in [0.25, 0.3) is 0 Å². The van der Waals surface area contributed by atoms with Crippen LogP contribution in [0.5, 0.6) is 0 Å².